The van der Waals surface area contributed by atoms with Crippen molar-refractivity contribution in [2.45, 2.75) is 103 Å². The molecule has 0 aliphatic carbocycles. The lowest BCUT2D eigenvalue weighted by Gasteiger charge is -2.41. The average molecular weight is 1020 g/mol. The van der Waals surface area contributed by atoms with Crippen molar-refractivity contribution >= 4 is 17.7 Å². The molecule has 1 rings (SSSR count). The van der Waals surface area contributed by atoms with Crippen LogP contribution in [0.4, 0.5) is 132 Å². The van der Waals surface area contributed by atoms with Crippen molar-refractivity contribution in [3.05, 3.63) is 29.8 Å². The fourth-order valence-electron chi connectivity index (χ4n) is 3.97. The molecule has 6 nitrogen and oxygen atoms in total. The van der Waals surface area contributed by atoms with E-state index >= 15 is 0 Å². The minimum Gasteiger partial charge on any atom is -0.490 e. The summed E-state index contributed by atoms with van der Waals surface area (Å²) < 4.78 is 412. The van der Waals surface area contributed by atoms with E-state index in [0.29, 0.717) is 24.3 Å². The highest BCUT2D eigenvalue weighted by molar-refractivity contribution is 6.03. The summed E-state index contributed by atoms with van der Waals surface area (Å²) >= 11 is 0. The maximum absolute atomic E-state index is 14.2. The Kier molecular flexibility index (Phi) is 14.5. The first-order chi connectivity index (χ1) is 27.6. The lowest BCUT2D eigenvalue weighted by atomic mass is 9.91. The van der Waals surface area contributed by atoms with Gasteiger partial charge in [0.25, 0.3) is 0 Å². The summed E-state index contributed by atoms with van der Waals surface area (Å²) in [4.78, 5) is 35.8. The van der Waals surface area contributed by atoms with Crippen LogP contribution in [0.5, 0.6) is 5.75 Å². The summed E-state index contributed by atoms with van der Waals surface area (Å²) in [7, 11) is 0. The molecule has 1 aromatic rings. The standard InChI is InChI=1S/C28H14F30O6/c1-14(2,64-13(61)16(31,32)18(35,36)20(39,40)22(43,44)24(47,48)26(51,52)28(56,57)58)11(59)9-3-5-10(6-4-9)62-7-8-63-12(60)15(29,30)17(33,34)19(37,38)21(41,42)23(45,46)25(49,50)27(53,54)55/h3-6H,7-8H2,1-2H3. The normalized spacial score (nSPS) is 15.5. The van der Waals surface area contributed by atoms with Crippen molar-refractivity contribution in [3.63, 3.8) is 0 Å². The van der Waals surface area contributed by atoms with Crippen molar-refractivity contribution in [1.29, 1.82) is 0 Å². The van der Waals surface area contributed by atoms with E-state index in [1.807, 2.05) is 0 Å². The van der Waals surface area contributed by atoms with Gasteiger partial charge in [0.05, 0.1) is 0 Å². The number of ketones is 1. The van der Waals surface area contributed by atoms with Crippen LogP contribution in [0.2, 0.25) is 0 Å². The van der Waals surface area contributed by atoms with Gasteiger partial charge in [0, 0.05) is 5.56 Å². The first-order valence-electron chi connectivity index (χ1n) is 15.0. The molecule has 0 aromatic heterocycles. The van der Waals surface area contributed by atoms with Gasteiger partial charge in [0.2, 0.25) is 5.78 Å². The number of rotatable bonds is 19. The van der Waals surface area contributed by atoms with Gasteiger partial charge in [-0.25, -0.2) is 9.59 Å². The molecule has 372 valence electrons. The Morgan fingerprint density at radius 1 is 0.391 bits per heavy atom. The molecule has 0 bridgehead atoms. The number of Topliss-reactive ketones (excluding diaryl/α,β-unsaturated/α-hetero) is 1. The Balaban J connectivity index is 3.19. The van der Waals surface area contributed by atoms with E-state index in [4.69, 9.17) is 0 Å². The number of alkyl halides is 30. The predicted octanol–water partition coefficient (Wildman–Crippen LogP) is 10.9. The Morgan fingerprint density at radius 3 is 0.984 bits per heavy atom. The maximum atomic E-state index is 14.2. The highest BCUT2D eigenvalue weighted by Gasteiger charge is 2.96. The van der Waals surface area contributed by atoms with Crippen LogP contribution in [0, 0.1) is 0 Å². The van der Waals surface area contributed by atoms with E-state index in [9.17, 15) is 146 Å². The second-order valence-electron chi connectivity index (χ2n) is 12.6. The monoisotopic (exact) mass is 1020 g/mol. The van der Waals surface area contributed by atoms with Gasteiger partial charge >= 0.3 is 95.4 Å². The molecule has 0 N–H and O–H groups in total. The molecule has 0 saturated carbocycles. The summed E-state index contributed by atoms with van der Waals surface area (Å²) in [6.07, 6.45) is -15.8. The molecule has 0 spiro atoms. The van der Waals surface area contributed by atoms with Gasteiger partial charge in [-0.1, -0.05) is 0 Å². The molecule has 0 fully saturated rings. The topological polar surface area (TPSA) is 78.9 Å². The molecule has 1 aromatic carbocycles. The fourth-order valence-corrected chi connectivity index (χ4v) is 3.97. The average Bonchev–Trinajstić information content (AvgIpc) is 3.11. The third kappa shape index (κ3) is 8.45. The Bertz CT molecular complexity index is 1880. The van der Waals surface area contributed by atoms with Crippen molar-refractivity contribution in [3.8, 4) is 5.75 Å². The molecule has 0 saturated heterocycles. The molecule has 0 amide bonds. The minimum atomic E-state index is -8.79. The van der Waals surface area contributed by atoms with E-state index in [1.54, 1.807) is 0 Å². The largest absolute Gasteiger partial charge is 0.490 e. The van der Waals surface area contributed by atoms with Crippen LogP contribution in [-0.4, -0.2) is 120 Å². The zero-order valence-corrected chi connectivity index (χ0v) is 29.5. The highest BCUT2D eigenvalue weighted by Crippen LogP contribution is 2.64. The molecule has 0 aliphatic rings. The van der Waals surface area contributed by atoms with Crippen LogP contribution >= 0.6 is 0 Å². The second-order valence-corrected chi connectivity index (χ2v) is 12.6. The third-order valence-electron chi connectivity index (χ3n) is 7.76. The summed E-state index contributed by atoms with van der Waals surface area (Å²) in [5.74, 6) is -112. The number of hydrogen-bond acceptors (Lipinski definition) is 6. The Morgan fingerprint density at radius 2 is 0.672 bits per heavy atom. The van der Waals surface area contributed by atoms with Gasteiger partial charge in [-0.3, -0.25) is 4.79 Å². The minimum absolute atomic E-state index is 0.0880. The summed E-state index contributed by atoms with van der Waals surface area (Å²) in [5.41, 5.74) is -4.50. The van der Waals surface area contributed by atoms with Crippen molar-refractivity contribution in [2.75, 3.05) is 13.2 Å². The van der Waals surface area contributed by atoms with E-state index in [0.717, 1.165) is 0 Å². The van der Waals surface area contributed by atoms with E-state index < -0.39 is 131 Å². The zero-order chi connectivity index (χ0) is 51.8. The van der Waals surface area contributed by atoms with Crippen LogP contribution in [0.15, 0.2) is 24.3 Å². The van der Waals surface area contributed by atoms with Crippen molar-refractivity contribution in [1.82, 2.24) is 0 Å². The number of carbonyl (C=O) groups is 3. The molecular formula is C28H14F30O6. The highest BCUT2D eigenvalue weighted by atomic mass is 19.4. The van der Waals surface area contributed by atoms with Gasteiger partial charge in [0.15, 0.2) is 5.60 Å². The van der Waals surface area contributed by atoms with E-state index in [2.05, 4.69) is 14.2 Å². The van der Waals surface area contributed by atoms with Crippen LogP contribution in [0.25, 0.3) is 0 Å². The third-order valence-corrected chi connectivity index (χ3v) is 7.76. The molecule has 0 heterocycles. The van der Waals surface area contributed by atoms with E-state index in [-0.39, 0.29) is 13.8 Å². The number of benzene rings is 1. The lowest BCUT2D eigenvalue weighted by Crippen LogP contribution is -2.73. The van der Waals surface area contributed by atoms with Crippen LogP contribution in [-0.2, 0) is 19.1 Å². The van der Waals surface area contributed by atoms with Gasteiger partial charge in [-0.2, -0.15) is 132 Å². The predicted molar refractivity (Wildman–Crippen MR) is 139 cm³/mol. The fraction of sp³-hybridized carbons (Fsp3) is 0.679. The van der Waals surface area contributed by atoms with Crippen molar-refractivity contribution in [2.24, 2.45) is 0 Å². The van der Waals surface area contributed by atoms with Gasteiger partial charge < -0.3 is 14.2 Å². The summed E-state index contributed by atoms with van der Waals surface area (Å²) in [5, 5.41) is 0. The number of hydrogen-bond donors (Lipinski definition) is 0. The van der Waals surface area contributed by atoms with Crippen LogP contribution < -0.4 is 4.74 Å². The smallest absolute Gasteiger partial charge is 0.460 e. The van der Waals surface area contributed by atoms with Gasteiger partial charge in [-0.05, 0) is 38.1 Å². The quantitative estimate of drug-likeness (QED) is 0.0595. The molecule has 0 radical (unpaired) electrons. The molecule has 64 heavy (non-hydrogen) atoms. The number of carbonyl (C=O) groups excluding carboxylic acids is 3. The molecular weight excluding hydrogens is 1000 g/mol. The molecule has 0 unspecified atom stereocenters. The van der Waals surface area contributed by atoms with Gasteiger partial charge in [-0.15, -0.1) is 0 Å². The lowest BCUT2D eigenvalue weighted by molar-refractivity contribution is -0.450. The number of ether oxygens (including phenoxy) is 3. The van der Waals surface area contributed by atoms with Gasteiger partial charge in [0.1, 0.15) is 19.0 Å². The SMILES string of the molecule is CC(C)(OC(=O)C(F)(F)C(F)(F)C(F)(F)C(F)(F)C(F)(F)C(F)(F)C(F)(F)F)C(=O)c1ccc(OCCOC(=O)C(F)(F)C(F)(F)C(F)(F)C(F)(F)C(F)(F)C(F)(F)C(F)(F)F)cc1. The molecule has 36 heteroatoms. The second kappa shape index (κ2) is 16.1. The number of esters is 2. The Labute approximate surface area is 330 Å². The first-order valence-corrected chi connectivity index (χ1v) is 15.0. The Hall–Kier alpha value is -4.47. The zero-order valence-electron chi connectivity index (χ0n) is 29.5. The summed E-state index contributed by atoms with van der Waals surface area (Å²) in [6, 6.07) is 1.46. The maximum Gasteiger partial charge on any atom is 0.460 e. The molecule has 0 atom stereocenters. The van der Waals surface area contributed by atoms with E-state index in [1.165, 1.54) is 0 Å². The van der Waals surface area contributed by atoms with Crippen LogP contribution in [0.3, 0.4) is 0 Å². The number of halogens is 30. The first kappa shape index (κ1) is 57.5. The molecule has 0 aliphatic heterocycles. The summed E-state index contributed by atoms with van der Waals surface area (Å²) in [6.45, 7) is -3.28. The van der Waals surface area contributed by atoms with Crippen molar-refractivity contribution < 1.29 is 160 Å². The van der Waals surface area contributed by atoms with Crippen LogP contribution in [0.1, 0.15) is 24.2 Å².